The summed E-state index contributed by atoms with van der Waals surface area (Å²) in [5, 5.41) is 8.74. The van der Waals surface area contributed by atoms with Crippen LogP contribution >= 0.6 is 0 Å². The molecule has 0 saturated carbocycles. The first-order valence-electron chi connectivity index (χ1n) is 7.24. The third kappa shape index (κ3) is 4.81. The second-order valence-corrected chi connectivity index (χ2v) is 7.17. The van der Waals surface area contributed by atoms with Crippen molar-refractivity contribution < 1.29 is 8.42 Å². The van der Waals surface area contributed by atoms with Gasteiger partial charge in [0.15, 0.2) is 0 Å². The third-order valence-corrected chi connectivity index (χ3v) is 5.14. The van der Waals surface area contributed by atoms with Gasteiger partial charge in [0.25, 0.3) is 0 Å². The highest BCUT2D eigenvalue weighted by Gasteiger charge is 2.23. The van der Waals surface area contributed by atoms with E-state index in [-0.39, 0.29) is 11.8 Å². The predicted octanol–water partition coefficient (Wildman–Crippen LogP) is 1.46. The quantitative estimate of drug-likeness (QED) is 0.894. The molecule has 1 aromatic rings. The van der Waals surface area contributed by atoms with Gasteiger partial charge in [-0.3, -0.25) is 0 Å². The number of nitriles is 1. The fourth-order valence-corrected chi connectivity index (χ4v) is 4.04. The van der Waals surface area contributed by atoms with E-state index < -0.39 is 10.0 Å². The van der Waals surface area contributed by atoms with Gasteiger partial charge in [-0.2, -0.15) is 5.26 Å². The Morgan fingerprint density at radius 2 is 2.10 bits per heavy atom. The van der Waals surface area contributed by atoms with Gasteiger partial charge in [0, 0.05) is 12.6 Å². The maximum absolute atomic E-state index is 12.2. The number of likely N-dealkylation sites (N-methyl/N-ethyl adjacent to an activating group) is 1. The Balaban J connectivity index is 1.96. The highest BCUT2D eigenvalue weighted by Crippen LogP contribution is 2.13. The number of piperidine rings is 1. The SMILES string of the molecule is CCN1CCCC(NS(=O)(=O)Cc2ccc(C#N)cc2)C1. The van der Waals surface area contributed by atoms with E-state index in [4.69, 9.17) is 5.26 Å². The zero-order chi connectivity index (χ0) is 15.3. The molecule has 0 bridgehead atoms. The summed E-state index contributed by atoms with van der Waals surface area (Å²) in [6.07, 6.45) is 1.92. The number of likely N-dealkylation sites (tertiary alicyclic amines) is 1. The first-order chi connectivity index (χ1) is 10.0. The molecule has 6 heteroatoms. The minimum absolute atomic E-state index is 0.00193. The number of nitrogens with zero attached hydrogens (tertiary/aromatic N) is 2. The van der Waals surface area contributed by atoms with E-state index in [9.17, 15) is 8.42 Å². The second-order valence-electron chi connectivity index (χ2n) is 5.42. The Hall–Kier alpha value is -1.42. The summed E-state index contributed by atoms with van der Waals surface area (Å²) in [5.74, 6) is -0.0403. The van der Waals surface area contributed by atoms with Gasteiger partial charge in [-0.1, -0.05) is 19.1 Å². The predicted molar refractivity (Wildman–Crippen MR) is 82.1 cm³/mol. The average molecular weight is 307 g/mol. The van der Waals surface area contributed by atoms with Gasteiger partial charge >= 0.3 is 0 Å². The summed E-state index contributed by atoms with van der Waals surface area (Å²) >= 11 is 0. The molecule has 0 aliphatic carbocycles. The van der Waals surface area contributed by atoms with E-state index in [0.29, 0.717) is 11.1 Å². The monoisotopic (exact) mass is 307 g/mol. The van der Waals surface area contributed by atoms with Crippen LogP contribution in [0.2, 0.25) is 0 Å². The van der Waals surface area contributed by atoms with E-state index in [1.807, 2.05) is 6.07 Å². The van der Waals surface area contributed by atoms with Gasteiger partial charge in [0.1, 0.15) is 0 Å². The molecule has 0 aromatic heterocycles. The molecule has 1 saturated heterocycles. The van der Waals surface area contributed by atoms with Crippen LogP contribution in [0.25, 0.3) is 0 Å². The molecule has 21 heavy (non-hydrogen) atoms. The average Bonchev–Trinajstić information content (AvgIpc) is 2.47. The lowest BCUT2D eigenvalue weighted by Gasteiger charge is -2.32. The summed E-state index contributed by atoms with van der Waals surface area (Å²) in [4.78, 5) is 2.26. The fraction of sp³-hybridized carbons (Fsp3) is 0.533. The van der Waals surface area contributed by atoms with Crippen molar-refractivity contribution in [1.82, 2.24) is 9.62 Å². The van der Waals surface area contributed by atoms with Crippen LogP contribution in [0.15, 0.2) is 24.3 Å². The molecule has 2 rings (SSSR count). The summed E-state index contributed by atoms with van der Waals surface area (Å²) in [7, 11) is -3.35. The van der Waals surface area contributed by atoms with Crippen LogP contribution in [0.3, 0.4) is 0 Å². The fourth-order valence-electron chi connectivity index (χ4n) is 2.63. The number of hydrogen-bond acceptors (Lipinski definition) is 4. The highest BCUT2D eigenvalue weighted by atomic mass is 32.2. The molecule has 1 fully saturated rings. The van der Waals surface area contributed by atoms with Crippen LogP contribution in [-0.2, 0) is 15.8 Å². The Morgan fingerprint density at radius 1 is 1.38 bits per heavy atom. The Labute approximate surface area is 126 Å². The van der Waals surface area contributed by atoms with Crippen LogP contribution in [0.5, 0.6) is 0 Å². The second kappa shape index (κ2) is 7.03. The molecule has 1 N–H and O–H groups in total. The van der Waals surface area contributed by atoms with Crippen molar-refractivity contribution >= 4 is 10.0 Å². The van der Waals surface area contributed by atoms with Crippen molar-refractivity contribution in [3.8, 4) is 6.07 Å². The van der Waals surface area contributed by atoms with Crippen LogP contribution in [0, 0.1) is 11.3 Å². The molecule has 1 aliphatic heterocycles. The molecular weight excluding hydrogens is 286 g/mol. The first kappa shape index (κ1) is 16.0. The normalized spacial score (nSPS) is 20.1. The molecule has 1 aromatic carbocycles. The molecule has 0 radical (unpaired) electrons. The van der Waals surface area contributed by atoms with E-state index in [0.717, 1.165) is 32.5 Å². The summed E-state index contributed by atoms with van der Waals surface area (Å²) in [6.45, 7) is 4.87. The molecule has 1 atom stereocenters. The van der Waals surface area contributed by atoms with Gasteiger partial charge < -0.3 is 4.90 Å². The zero-order valence-corrected chi connectivity index (χ0v) is 13.1. The third-order valence-electron chi connectivity index (χ3n) is 3.74. The molecule has 5 nitrogen and oxygen atoms in total. The number of sulfonamides is 1. The maximum Gasteiger partial charge on any atom is 0.216 e. The van der Waals surface area contributed by atoms with E-state index in [1.165, 1.54) is 0 Å². The van der Waals surface area contributed by atoms with E-state index in [2.05, 4.69) is 16.5 Å². The van der Waals surface area contributed by atoms with Gasteiger partial charge in [0.2, 0.25) is 10.0 Å². The van der Waals surface area contributed by atoms with Gasteiger partial charge in [-0.05, 0) is 43.6 Å². The molecular formula is C15H21N3O2S. The maximum atomic E-state index is 12.2. The highest BCUT2D eigenvalue weighted by molar-refractivity contribution is 7.88. The summed E-state index contributed by atoms with van der Waals surface area (Å²) < 4.78 is 27.2. The molecule has 114 valence electrons. The largest absolute Gasteiger partial charge is 0.302 e. The van der Waals surface area contributed by atoms with Crippen molar-refractivity contribution in [2.24, 2.45) is 0 Å². The van der Waals surface area contributed by atoms with Crippen LogP contribution in [0.1, 0.15) is 30.9 Å². The smallest absolute Gasteiger partial charge is 0.216 e. The van der Waals surface area contributed by atoms with E-state index in [1.54, 1.807) is 24.3 Å². The summed E-state index contributed by atoms with van der Waals surface area (Å²) in [5.41, 5.74) is 1.24. The van der Waals surface area contributed by atoms with Gasteiger partial charge in [0.05, 0.1) is 17.4 Å². The topological polar surface area (TPSA) is 73.2 Å². The Morgan fingerprint density at radius 3 is 2.71 bits per heavy atom. The first-order valence-corrected chi connectivity index (χ1v) is 8.89. The van der Waals surface area contributed by atoms with Crippen molar-refractivity contribution in [3.63, 3.8) is 0 Å². The van der Waals surface area contributed by atoms with Crippen LogP contribution in [-0.4, -0.2) is 39.0 Å². The molecule has 1 unspecified atom stereocenters. The standard InChI is InChI=1S/C15H21N3O2S/c1-2-18-9-3-4-15(11-18)17-21(19,20)12-14-7-5-13(10-16)6-8-14/h5-8,15,17H,2-4,9,11-12H2,1H3. The van der Waals surface area contributed by atoms with Crippen molar-refractivity contribution in [2.75, 3.05) is 19.6 Å². The molecule has 1 heterocycles. The Bertz CT molecular complexity index is 605. The molecule has 0 amide bonds. The number of benzene rings is 1. The lowest BCUT2D eigenvalue weighted by Crippen LogP contribution is -2.47. The summed E-state index contributed by atoms with van der Waals surface area (Å²) in [6, 6.07) is 8.69. The lowest BCUT2D eigenvalue weighted by atomic mass is 10.1. The van der Waals surface area contributed by atoms with Gasteiger partial charge in [-0.25, -0.2) is 13.1 Å². The lowest BCUT2D eigenvalue weighted by molar-refractivity contribution is 0.211. The minimum atomic E-state index is -3.35. The van der Waals surface area contributed by atoms with Crippen molar-refractivity contribution in [3.05, 3.63) is 35.4 Å². The molecule has 0 spiro atoms. The number of rotatable bonds is 5. The van der Waals surface area contributed by atoms with E-state index >= 15 is 0 Å². The zero-order valence-electron chi connectivity index (χ0n) is 12.2. The van der Waals surface area contributed by atoms with Crippen molar-refractivity contribution in [2.45, 2.75) is 31.6 Å². The number of hydrogen-bond donors (Lipinski definition) is 1. The Kier molecular flexibility index (Phi) is 5.34. The van der Waals surface area contributed by atoms with Gasteiger partial charge in [-0.15, -0.1) is 0 Å². The van der Waals surface area contributed by atoms with Crippen LogP contribution in [0.4, 0.5) is 0 Å². The minimum Gasteiger partial charge on any atom is -0.302 e. The molecule has 1 aliphatic rings. The van der Waals surface area contributed by atoms with Crippen molar-refractivity contribution in [1.29, 1.82) is 5.26 Å². The van der Waals surface area contributed by atoms with Crippen LogP contribution < -0.4 is 4.72 Å². The number of nitrogens with one attached hydrogen (secondary N) is 1.